The predicted molar refractivity (Wildman–Crippen MR) is 144 cm³/mol. The molecule has 0 saturated heterocycles. The highest BCUT2D eigenvalue weighted by Crippen LogP contribution is 2.40. The van der Waals surface area contributed by atoms with Crippen LogP contribution < -0.4 is 10.6 Å². The summed E-state index contributed by atoms with van der Waals surface area (Å²) in [5, 5.41) is 6.72. The van der Waals surface area contributed by atoms with Crippen LogP contribution in [0.4, 0.5) is 22.7 Å². The number of ketones is 2. The number of carbonyl (C=O) groups is 2. The summed E-state index contributed by atoms with van der Waals surface area (Å²) >= 11 is 7.19. The molecule has 5 rings (SSSR count). The van der Waals surface area contributed by atoms with Crippen LogP contribution in [-0.4, -0.2) is 11.6 Å². The van der Waals surface area contributed by atoms with Crippen LogP contribution in [0.15, 0.2) is 81.7 Å². The predicted octanol–water partition coefficient (Wildman–Crippen LogP) is 8.09. The molecule has 0 saturated carbocycles. The lowest BCUT2D eigenvalue weighted by atomic mass is 9.82. The minimum atomic E-state index is -0.178. The Morgan fingerprint density at radius 2 is 0.941 bits per heavy atom. The SMILES string of the molecule is Cc1ccc(Nc2ccc(Nc3ccc(C)cc3Br)c3c2C(=O)c2ccccc2C3=O)c(Br)c1. The zero-order valence-electron chi connectivity index (χ0n) is 18.5. The quantitative estimate of drug-likeness (QED) is 0.227. The van der Waals surface area contributed by atoms with E-state index >= 15 is 0 Å². The summed E-state index contributed by atoms with van der Waals surface area (Å²) in [6.07, 6.45) is 0. The zero-order valence-corrected chi connectivity index (χ0v) is 21.7. The van der Waals surface area contributed by atoms with Crippen LogP contribution in [0.2, 0.25) is 0 Å². The third-order valence-corrected chi connectivity index (χ3v) is 7.18. The van der Waals surface area contributed by atoms with Gasteiger partial charge in [0.1, 0.15) is 0 Å². The van der Waals surface area contributed by atoms with Crippen molar-refractivity contribution in [3.8, 4) is 0 Å². The molecule has 0 aliphatic heterocycles. The van der Waals surface area contributed by atoms with Gasteiger partial charge in [0.2, 0.25) is 0 Å². The Hall–Kier alpha value is -3.22. The van der Waals surface area contributed by atoms with E-state index in [1.54, 1.807) is 24.3 Å². The van der Waals surface area contributed by atoms with Gasteiger partial charge in [-0.3, -0.25) is 9.59 Å². The van der Waals surface area contributed by atoms with E-state index in [2.05, 4.69) is 42.5 Å². The molecule has 1 aliphatic carbocycles. The molecule has 4 nitrogen and oxygen atoms in total. The highest BCUT2D eigenvalue weighted by molar-refractivity contribution is 9.11. The van der Waals surface area contributed by atoms with Gasteiger partial charge in [0.05, 0.1) is 33.9 Å². The molecule has 0 amide bonds. The zero-order chi connectivity index (χ0) is 24.0. The second-order valence-corrected chi connectivity index (χ2v) is 10.0. The Bertz CT molecular complexity index is 1380. The molecule has 0 atom stereocenters. The smallest absolute Gasteiger partial charge is 0.196 e. The number of aryl methyl sites for hydroxylation is 2. The minimum Gasteiger partial charge on any atom is -0.354 e. The molecule has 0 spiro atoms. The van der Waals surface area contributed by atoms with Gasteiger partial charge in [0.15, 0.2) is 11.6 Å². The molecule has 0 aromatic heterocycles. The van der Waals surface area contributed by atoms with E-state index in [-0.39, 0.29) is 11.6 Å². The molecule has 1 aliphatic rings. The van der Waals surface area contributed by atoms with Gasteiger partial charge in [-0.05, 0) is 93.2 Å². The van der Waals surface area contributed by atoms with Crippen molar-refractivity contribution in [3.05, 3.63) is 115 Å². The van der Waals surface area contributed by atoms with E-state index in [0.717, 1.165) is 31.4 Å². The maximum Gasteiger partial charge on any atom is 0.196 e. The molecule has 0 bridgehead atoms. The largest absolute Gasteiger partial charge is 0.354 e. The number of halogens is 2. The van der Waals surface area contributed by atoms with Crippen molar-refractivity contribution >= 4 is 66.2 Å². The van der Waals surface area contributed by atoms with Crippen LogP contribution in [0.1, 0.15) is 43.0 Å². The van der Waals surface area contributed by atoms with Gasteiger partial charge in [-0.2, -0.15) is 0 Å². The van der Waals surface area contributed by atoms with Crippen molar-refractivity contribution in [1.29, 1.82) is 0 Å². The third-order valence-electron chi connectivity index (χ3n) is 5.86. The maximum absolute atomic E-state index is 13.7. The lowest BCUT2D eigenvalue weighted by Crippen LogP contribution is -2.23. The topological polar surface area (TPSA) is 58.2 Å². The second kappa shape index (κ2) is 8.85. The fourth-order valence-electron chi connectivity index (χ4n) is 4.16. The average molecular weight is 576 g/mol. The molecular formula is C28H20Br2N2O2. The third kappa shape index (κ3) is 3.97. The van der Waals surface area contributed by atoms with Gasteiger partial charge in [0.25, 0.3) is 0 Å². The molecular weight excluding hydrogens is 556 g/mol. The van der Waals surface area contributed by atoms with Crippen LogP contribution in [0, 0.1) is 13.8 Å². The Kier molecular flexibility index (Phi) is 5.88. The summed E-state index contributed by atoms with van der Waals surface area (Å²) in [4.78, 5) is 27.4. The molecule has 0 radical (unpaired) electrons. The summed E-state index contributed by atoms with van der Waals surface area (Å²) in [5.41, 5.74) is 6.59. The number of carbonyl (C=O) groups excluding carboxylic acids is 2. The summed E-state index contributed by atoms with van der Waals surface area (Å²) in [7, 11) is 0. The molecule has 4 aromatic rings. The monoisotopic (exact) mass is 574 g/mol. The summed E-state index contributed by atoms with van der Waals surface area (Å²) in [5.74, 6) is -0.356. The first-order valence-electron chi connectivity index (χ1n) is 10.8. The first-order valence-corrected chi connectivity index (χ1v) is 12.3. The van der Waals surface area contributed by atoms with E-state index in [1.165, 1.54) is 0 Å². The van der Waals surface area contributed by atoms with E-state index in [0.29, 0.717) is 33.6 Å². The van der Waals surface area contributed by atoms with Crippen molar-refractivity contribution in [2.45, 2.75) is 13.8 Å². The number of fused-ring (bicyclic) bond motifs is 2. The van der Waals surface area contributed by atoms with Gasteiger partial charge in [-0.1, -0.05) is 36.4 Å². The van der Waals surface area contributed by atoms with Crippen molar-refractivity contribution in [2.24, 2.45) is 0 Å². The number of anilines is 4. The number of hydrogen-bond acceptors (Lipinski definition) is 4. The highest BCUT2D eigenvalue weighted by Gasteiger charge is 2.34. The van der Waals surface area contributed by atoms with Crippen LogP contribution in [0.3, 0.4) is 0 Å². The van der Waals surface area contributed by atoms with Crippen molar-refractivity contribution < 1.29 is 9.59 Å². The lowest BCUT2D eigenvalue weighted by Gasteiger charge is -2.24. The normalized spacial score (nSPS) is 12.2. The van der Waals surface area contributed by atoms with Crippen LogP contribution in [-0.2, 0) is 0 Å². The maximum atomic E-state index is 13.7. The van der Waals surface area contributed by atoms with E-state index in [1.807, 2.05) is 62.4 Å². The van der Waals surface area contributed by atoms with Crippen molar-refractivity contribution in [1.82, 2.24) is 0 Å². The Balaban J connectivity index is 1.68. The average Bonchev–Trinajstić information content (AvgIpc) is 2.81. The summed E-state index contributed by atoms with van der Waals surface area (Å²) in [6, 6.07) is 22.6. The van der Waals surface area contributed by atoms with E-state index in [9.17, 15) is 9.59 Å². The summed E-state index contributed by atoms with van der Waals surface area (Å²) < 4.78 is 1.75. The first kappa shape index (κ1) is 22.6. The Labute approximate surface area is 214 Å². The fraction of sp³-hybridized carbons (Fsp3) is 0.0714. The van der Waals surface area contributed by atoms with Crippen LogP contribution in [0.25, 0.3) is 0 Å². The standard InChI is InChI=1S/C28H20Br2N2O2/c1-15-7-9-21(19(29)13-15)31-23-11-12-24(32-22-10-8-16(2)14-20(22)30)26-25(23)27(33)17-5-3-4-6-18(17)28(26)34/h3-14,31-32H,1-2H3. The van der Waals surface area contributed by atoms with Gasteiger partial charge >= 0.3 is 0 Å². The number of rotatable bonds is 4. The number of benzene rings is 4. The van der Waals surface area contributed by atoms with E-state index in [4.69, 9.17) is 0 Å². The number of nitrogens with one attached hydrogen (secondary N) is 2. The van der Waals surface area contributed by atoms with Gasteiger partial charge in [0, 0.05) is 20.1 Å². The second-order valence-electron chi connectivity index (χ2n) is 8.33. The van der Waals surface area contributed by atoms with E-state index < -0.39 is 0 Å². The van der Waals surface area contributed by atoms with Gasteiger partial charge in [-0.15, -0.1) is 0 Å². The van der Waals surface area contributed by atoms with Gasteiger partial charge in [-0.25, -0.2) is 0 Å². The number of hydrogen-bond donors (Lipinski definition) is 2. The molecule has 6 heteroatoms. The molecule has 0 fully saturated rings. The van der Waals surface area contributed by atoms with Crippen molar-refractivity contribution in [2.75, 3.05) is 10.6 Å². The molecule has 2 N–H and O–H groups in total. The fourth-order valence-corrected chi connectivity index (χ4v) is 5.35. The first-order chi connectivity index (χ1) is 16.3. The Morgan fingerprint density at radius 1 is 0.559 bits per heavy atom. The molecule has 168 valence electrons. The van der Waals surface area contributed by atoms with Crippen LogP contribution >= 0.6 is 31.9 Å². The Morgan fingerprint density at radius 3 is 1.32 bits per heavy atom. The summed E-state index contributed by atoms with van der Waals surface area (Å²) in [6.45, 7) is 4.03. The van der Waals surface area contributed by atoms with Gasteiger partial charge < -0.3 is 10.6 Å². The minimum absolute atomic E-state index is 0.178. The molecule has 4 aromatic carbocycles. The van der Waals surface area contributed by atoms with Crippen molar-refractivity contribution in [3.63, 3.8) is 0 Å². The molecule has 34 heavy (non-hydrogen) atoms. The lowest BCUT2D eigenvalue weighted by molar-refractivity contribution is 0.0980. The molecule has 0 unspecified atom stereocenters. The molecule has 0 heterocycles. The van der Waals surface area contributed by atoms with Crippen LogP contribution in [0.5, 0.6) is 0 Å². The highest BCUT2D eigenvalue weighted by atomic mass is 79.9.